The van der Waals surface area contributed by atoms with Crippen LogP contribution in [0.1, 0.15) is 20.3 Å². The van der Waals surface area contributed by atoms with Crippen molar-refractivity contribution in [1.29, 1.82) is 0 Å². The van der Waals surface area contributed by atoms with Gasteiger partial charge in [-0.1, -0.05) is 35.5 Å². The van der Waals surface area contributed by atoms with Gasteiger partial charge in [0, 0.05) is 7.11 Å². The van der Waals surface area contributed by atoms with Crippen molar-refractivity contribution >= 4 is 0 Å². The van der Waals surface area contributed by atoms with Crippen LogP contribution in [0.25, 0.3) is 0 Å². The summed E-state index contributed by atoms with van der Waals surface area (Å²) >= 11 is 0. The summed E-state index contributed by atoms with van der Waals surface area (Å²) in [5.41, 5.74) is 2.77. The summed E-state index contributed by atoms with van der Waals surface area (Å²) in [6.07, 6.45) is 9.79. The summed E-state index contributed by atoms with van der Waals surface area (Å²) in [7, 11) is 1.00. The first kappa shape index (κ1) is 10.2. The molecule has 1 aliphatic rings. The first-order chi connectivity index (χ1) is 5.29. The molecule has 0 atom stereocenters. The molecular formula is C10H16O. The molecule has 1 rings (SSSR count). The lowest BCUT2D eigenvalue weighted by Crippen LogP contribution is -1.66. The molecule has 0 amide bonds. The first-order valence-electron chi connectivity index (χ1n) is 3.74. The fourth-order valence-electron chi connectivity index (χ4n) is 0.828. The summed E-state index contributed by atoms with van der Waals surface area (Å²) < 4.78 is 0. The minimum Gasteiger partial charge on any atom is -0.400 e. The Morgan fingerprint density at radius 1 is 1.18 bits per heavy atom. The van der Waals surface area contributed by atoms with E-state index < -0.39 is 0 Å². The molecule has 1 heteroatoms. The smallest absolute Gasteiger partial charge is 0.0319 e. The molecule has 0 saturated carbocycles. The minimum atomic E-state index is 1.00. The van der Waals surface area contributed by atoms with E-state index >= 15 is 0 Å². The molecule has 62 valence electrons. The van der Waals surface area contributed by atoms with Crippen LogP contribution in [0, 0.1) is 0 Å². The highest BCUT2D eigenvalue weighted by molar-refractivity contribution is 5.28. The maximum Gasteiger partial charge on any atom is 0.0319 e. The number of aliphatic hydroxyl groups is 1. The third kappa shape index (κ3) is 4.57. The van der Waals surface area contributed by atoms with Crippen molar-refractivity contribution < 1.29 is 5.11 Å². The average molecular weight is 152 g/mol. The Balaban J connectivity index is 0.000000461. The Labute approximate surface area is 68.7 Å². The van der Waals surface area contributed by atoms with E-state index in [-0.39, 0.29) is 0 Å². The van der Waals surface area contributed by atoms with Crippen molar-refractivity contribution in [1.82, 2.24) is 0 Å². The van der Waals surface area contributed by atoms with E-state index in [9.17, 15) is 0 Å². The minimum absolute atomic E-state index is 1.00. The van der Waals surface area contributed by atoms with Gasteiger partial charge in [-0.25, -0.2) is 0 Å². The first-order valence-corrected chi connectivity index (χ1v) is 3.74. The molecule has 0 aromatic carbocycles. The molecule has 0 heterocycles. The fourth-order valence-corrected chi connectivity index (χ4v) is 0.828. The van der Waals surface area contributed by atoms with Gasteiger partial charge in [0.05, 0.1) is 0 Å². The zero-order valence-corrected chi connectivity index (χ0v) is 7.46. The molecule has 0 aromatic heterocycles. The predicted molar refractivity (Wildman–Crippen MR) is 49.4 cm³/mol. The van der Waals surface area contributed by atoms with Crippen molar-refractivity contribution in [3.05, 3.63) is 35.5 Å². The van der Waals surface area contributed by atoms with Gasteiger partial charge < -0.3 is 5.11 Å². The molecule has 0 bridgehead atoms. The highest BCUT2D eigenvalue weighted by atomic mass is 16.2. The van der Waals surface area contributed by atoms with E-state index in [1.54, 1.807) is 0 Å². The lowest BCUT2D eigenvalue weighted by atomic mass is 10.2. The summed E-state index contributed by atoms with van der Waals surface area (Å²) in [6, 6.07) is 0. The van der Waals surface area contributed by atoms with Crippen LogP contribution in [0.3, 0.4) is 0 Å². The van der Waals surface area contributed by atoms with Crippen LogP contribution >= 0.6 is 0 Å². The van der Waals surface area contributed by atoms with E-state index in [1.807, 2.05) is 0 Å². The number of aliphatic hydroxyl groups excluding tert-OH is 1. The van der Waals surface area contributed by atoms with Crippen molar-refractivity contribution in [2.75, 3.05) is 7.11 Å². The van der Waals surface area contributed by atoms with E-state index in [2.05, 4.69) is 38.2 Å². The summed E-state index contributed by atoms with van der Waals surface area (Å²) in [4.78, 5) is 0. The van der Waals surface area contributed by atoms with Crippen molar-refractivity contribution in [2.24, 2.45) is 0 Å². The molecule has 0 saturated heterocycles. The van der Waals surface area contributed by atoms with Crippen LogP contribution in [-0.2, 0) is 0 Å². The van der Waals surface area contributed by atoms with Crippen LogP contribution in [0.15, 0.2) is 35.5 Å². The van der Waals surface area contributed by atoms with Gasteiger partial charge in [-0.05, 0) is 20.3 Å². The second-order valence-corrected chi connectivity index (χ2v) is 2.53. The van der Waals surface area contributed by atoms with E-state index in [0.29, 0.717) is 0 Å². The Kier molecular flexibility index (Phi) is 5.49. The standard InChI is InChI=1S/C9H12.CH4O/c1-8-4-3-5-9(2)7-6-8;1-2/h3-4,6-7H,5H2,1-2H3;2H,1H3. The summed E-state index contributed by atoms with van der Waals surface area (Å²) in [6.45, 7) is 4.27. The van der Waals surface area contributed by atoms with Gasteiger partial charge in [0.15, 0.2) is 0 Å². The average Bonchev–Trinajstić information content (AvgIpc) is 2.20. The van der Waals surface area contributed by atoms with Crippen LogP contribution in [-0.4, -0.2) is 12.2 Å². The van der Waals surface area contributed by atoms with Crippen LogP contribution in [0.4, 0.5) is 0 Å². The number of hydrogen-bond donors (Lipinski definition) is 1. The van der Waals surface area contributed by atoms with E-state index in [0.717, 1.165) is 13.5 Å². The topological polar surface area (TPSA) is 20.2 Å². The van der Waals surface area contributed by atoms with Gasteiger partial charge in [-0.3, -0.25) is 0 Å². The lowest BCUT2D eigenvalue weighted by molar-refractivity contribution is 0.399. The normalized spacial score (nSPS) is 15.6. The summed E-state index contributed by atoms with van der Waals surface area (Å²) in [5, 5.41) is 7.00. The van der Waals surface area contributed by atoms with Gasteiger partial charge in [0.2, 0.25) is 0 Å². The predicted octanol–water partition coefficient (Wildman–Crippen LogP) is 2.45. The number of allylic oxidation sites excluding steroid dienone is 6. The maximum absolute atomic E-state index is 7.00. The number of hydrogen-bond acceptors (Lipinski definition) is 1. The zero-order valence-electron chi connectivity index (χ0n) is 7.46. The van der Waals surface area contributed by atoms with Crippen LogP contribution < -0.4 is 0 Å². The third-order valence-electron chi connectivity index (χ3n) is 1.45. The molecule has 1 aliphatic carbocycles. The van der Waals surface area contributed by atoms with Crippen molar-refractivity contribution in [2.45, 2.75) is 20.3 Å². The monoisotopic (exact) mass is 152 g/mol. The Morgan fingerprint density at radius 2 is 1.82 bits per heavy atom. The molecule has 0 spiro atoms. The SMILES string of the molecule is CC1=CC=C(C)CC=C1.CO. The van der Waals surface area contributed by atoms with Crippen molar-refractivity contribution in [3.63, 3.8) is 0 Å². The molecular weight excluding hydrogens is 136 g/mol. The molecule has 1 nitrogen and oxygen atoms in total. The lowest BCUT2D eigenvalue weighted by Gasteiger charge is -1.86. The quantitative estimate of drug-likeness (QED) is 0.565. The van der Waals surface area contributed by atoms with Gasteiger partial charge in [-0.2, -0.15) is 0 Å². The Hall–Kier alpha value is -0.820. The zero-order chi connectivity index (χ0) is 8.69. The molecule has 0 aliphatic heterocycles. The molecule has 0 unspecified atom stereocenters. The highest BCUT2D eigenvalue weighted by Crippen LogP contribution is 2.08. The second-order valence-electron chi connectivity index (χ2n) is 2.53. The van der Waals surface area contributed by atoms with Gasteiger partial charge in [-0.15, -0.1) is 0 Å². The molecule has 0 fully saturated rings. The maximum atomic E-state index is 7.00. The summed E-state index contributed by atoms with van der Waals surface area (Å²) in [5.74, 6) is 0. The van der Waals surface area contributed by atoms with E-state index in [4.69, 9.17) is 5.11 Å². The Bertz CT molecular complexity index is 185. The van der Waals surface area contributed by atoms with E-state index in [1.165, 1.54) is 11.1 Å². The van der Waals surface area contributed by atoms with Gasteiger partial charge in [0.25, 0.3) is 0 Å². The second kappa shape index (κ2) is 5.93. The highest BCUT2D eigenvalue weighted by Gasteiger charge is 1.88. The van der Waals surface area contributed by atoms with Crippen LogP contribution in [0.2, 0.25) is 0 Å². The molecule has 1 N–H and O–H groups in total. The Morgan fingerprint density at radius 3 is 2.45 bits per heavy atom. The van der Waals surface area contributed by atoms with Crippen LogP contribution in [0.5, 0.6) is 0 Å². The van der Waals surface area contributed by atoms with Gasteiger partial charge in [0.1, 0.15) is 0 Å². The third-order valence-corrected chi connectivity index (χ3v) is 1.45. The van der Waals surface area contributed by atoms with Gasteiger partial charge >= 0.3 is 0 Å². The molecule has 0 aromatic rings. The molecule has 0 radical (unpaired) electrons. The van der Waals surface area contributed by atoms with Crippen molar-refractivity contribution in [3.8, 4) is 0 Å². The molecule has 11 heavy (non-hydrogen) atoms. The number of rotatable bonds is 0. The largest absolute Gasteiger partial charge is 0.400 e. The fraction of sp³-hybridized carbons (Fsp3) is 0.400.